The van der Waals surface area contributed by atoms with Crippen LogP contribution in [0.2, 0.25) is 0 Å². The number of nitrogens with zero attached hydrogens (tertiary/aromatic N) is 2. The van der Waals surface area contributed by atoms with E-state index in [1.807, 2.05) is 25.1 Å². The highest BCUT2D eigenvalue weighted by Gasteiger charge is 2.15. The summed E-state index contributed by atoms with van der Waals surface area (Å²) in [5, 5.41) is 0.479. The average Bonchev–Trinajstić information content (AvgIpc) is 2.66. The Morgan fingerprint density at radius 2 is 2.04 bits per heavy atom. The van der Waals surface area contributed by atoms with Crippen LogP contribution in [0.25, 0.3) is 0 Å². The van der Waals surface area contributed by atoms with Gasteiger partial charge < -0.3 is 19.4 Å². The minimum absolute atomic E-state index is 0.0431. The number of ether oxygens (including phenoxy) is 2. The SMILES string of the molecule is CCCc1cc(=O)[nH]c(SCC(=O)N(C)Cc2ccc3c(c2)OCCO3)n1. The summed E-state index contributed by atoms with van der Waals surface area (Å²) in [6, 6.07) is 7.20. The Bertz CT molecular complexity index is 868. The number of aryl methyl sites for hydroxylation is 1. The molecule has 0 bridgehead atoms. The summed E-state index contributed by atoms with van der Waals surface area (Å²) in [6.07, 6.45) is 1.66. The molecule has 2 aromatic rings. The fourth-order valence-electron chi connectivity index (χ4n) is 2.72. The lowest BCUT2D eigenvalue weighted by molar-refractivity contribution is -0.127. The number of aromatic nitrogens is 2. The molecule has 0 unspecified atom stereocenters. The molecular weight excluding hydrogens is 366 g/mol. The number of aromatic amines is 1. The standard InChI is InChI=1S/C19H23N3O4S/c1-3-4-14-10-17(23)21-19(20-14)27-12-18(24)22(2)11-13-5-6-15-16(9-13)26-8-7-25-15/h5-6,9-10H,3-4,7-8,11-12H2,1-2H3,(H,20,21,23). The summed E-state index contributed by atoms with van der Waals surface area (Å²) < 4.78 is 11.1. The molecule has 1 aromatic heterocycles. The third-order valence-electron chi connectivity index (χ3n) is 4.06. The number of carbonyl (C=O) groups excluding carboxylic acids is 1. The Labute approximate surface area is 162 Å². The zero-order chi connectivity index (χ0) is 19.2. The van der Waals surface area contributed by atoms with Crippen molar-refractivity contribution in [3.8, 4) is 11.5 Å². The predicted molar refractivity (Wildman–Crippen MR) is 103 cm³/mol. The largest absolute Gasteiger partial charge is 0.486 e. The Morgan fingerprint density at radius 1 is 1.26 bits per heavy atom. The molecule has 0 radical (unpaired) electrons. The number of fused-ring (bicyclic) bond motifs is 1. The van der Waals surface area contributed by atoms with Crippen molar-refractivity contribution in [2.45, 2.75) is 31.5 Å². The van der Waals surface area contributed by atoms with E-state index in [0.717, 1.165) is 29.8 Å². The van der Waals surface area contributed by atoms with Gasteiger partial charge in [0.15, 0.2) is 16.7 Å². The zero-order valence-corrected chi connectivity index (χ0v) is 16.3. The normalized spacial score (nSPS) is 12.7. The Balaban J connectivity index is 1.57. The molecule has 8 heteroatoms. The predicted octanol–water partition coefficient (Wildman–Crippen LogP) is 2.24. The van der Waals surface area contributed by atoms with Gasteiger partial charge in [0.05, 0.1) is 5.75 Å². The minimum atomic E-state index is -0.187. The lowest BCUT2D eigenvalue weighted by atomic mass is 10.2. The second-order valence-corrected chi connectivity index (χ2v) is 7.27. The molecule has 1 aliphatic heterocycles. The summed E-state index contributed by atoms with van der Waals surface area (Å²) >= 11 is 1.24. The smallest absolute Gasteiger partial charge is 0.251 e. The first kappa shape index (κ1) is 19.3. The second-order valence-electron chi connectivity index (χ2n) is 6.31. The fourth-order valence-corrected chi connectivity index (χ4v) is 3.56. The maximum Gasteiger partial charge on any atom is 0.251 e. The van der Waals surface area contributed by atoms with Crippen LogP contribution in [-0.4, -0.2) is 46.8 Å². The van der Waals surface area contributed by atoms with Crippen molar-refractivity contribution in [3.63, 3.8) is 0 Å². The highest BCUT2D eigenvalue weighted by Crippen LogP contribution is 2.31. The summed E-state index contributed by atoms with van der Waals surface area (Å²) in [7, 11) is 1.75. The van der Waals surface area contributed by atoms with Gasteiger partial charge in [-0.15, -0.1) is 0 Å². The lowest BCUT2D eigenvalue weighted by Crippen LogP contribution is -2.28. The van der Waals surface area contributed by atoms with E-state index in [1.54, 1.807) is 11.9 Å². The third-order valence-corrected chi connectivity index (χ3v) is 4.92. The van der Waals surface area contributed by atoms with Crippen molar-refractivity contribution in [1.29, 1.82) is 0 Å². The van der Waals surface area contributed by atoms with Crippen molar-refractivity contribution in [2.75, 3.05) is 26.0 Å². The van der Waals surface area contributed by atoms with E-state index in [4.69, 9.17) is 9.47 Å². The van der Waals surface area contributed by atoms with Crippen molar-refractivity contribution >= 4 is 17.7 Å². The topological polar surface area (TPSA) is 84.5 Å². The van der Waals surface area contributed by atoms with Crippen molar-refractivity contribution < 1.29 is 14.3 Å². The molecule has 1 aromatic carbocycles. The monoisotopic (exact) mass is 389 g/mol. The molecule has 0 fully saturated rings. The number of benzene rings is 1. The van der Waals surface area contributed by atoms with Crippen LogP contribution in [0.1, 0.15) is 24.6 Å². The van der Waals surface area contributed by atoms with Gasteiger partial charge in [-0.1, -0.05) is 31.2 Å². The molecule has 3 rings (SSSR count). The highest BCUT2D eigenvalue weighted by molar-refractivity contribution is 7.99. The molecule has 1 amide bonds. The van der Waals surface area contributed by atoms with Gasteiger partial charge in [0.2, 0.25) is 5.91 Å². The summed E-state index contributed by atoms with van der Waals surface area (Å²) in [6.45, 7) is 3.59. The molecule has 1 aliphatic rings. The van der Waals surface area contributed by atoms with Gasteiger partial charge in [-0.25, -0.2) is 4.98 Å². The molecule has 27 heavy (non-hydrogen) atoms. The first-order chi connectivity index (χ1) is 13.0. The van der Waals surface area contributed by atoms with Gasteiger partial charge in [-0.2, -0.15) is 0 Å². The lowest BCUT2D eigenvalue weighted by Gasteiger charge is -2.21. The molecule has 0 saturated carbocycles. The molecule has 0 aliphatic carbocycles. The zero-order valence-electron chi connectivity index (χ0n) is 15.5. The number of hydrogen-bond donors (Lipinski definition) is 1. The van der Waals surface area contributed by atoms with Gasteiger partial charge in [-0.3, -0.25) is 9.59 Å². The number of thioether (sulfide) groups is 1. The second kappa shape index (κ2) is 8.94. The van der Waals surface area contributed by atoms with E-state index < -0.39 is 0 Å². The van der Waals surface area contributed by atoms with Crippen molar-refractivity contribution in [2.24, 2.45) is 0 Å². The summed E-state index contributed by atoms with van der Waals surface area (Å²) in [5.74, 6) is 1.61. The van der Waals surface area contributed by atoms with Crippen LogP contribution in [0.5, 0.6) is 11.5 Å². The highest BCUT2D eigenvalue weighted by atomic mass is 32.2. The van der Waals surface area contributed by atoms with E-state index in [-0.39, 0.29) is 17.2 Å². The molecular formula is C19H23N3O4S. The van der Waals surface area contributed by atoms with Crippen molar-refractivity contribution in [1.82, 2.24) is 14.9 Å². The number of hydrogen-bond acceptors (Lipinski definition) is 6. The number of carbonyl (C=O) groups is 1. The van der Waals surface area contributed by atoms with Gasteiger partial charge in [-0.05, 0) is 24.1 Å². The molecule has 1 N–H and O–H groups in total. The van der Waals surface area contributed by atoms with E-state index in [9.17, 15) is 9.59 Å². The number of nitrogens with one attached hydrogen (secondary N) is 1. The first-order valence-electron chi connectivity index (χ1n) is 8.90. The van der Waals surface area contributed by atoms with Gasteiger partial charge in [0, 0.05) is 25.4 Å². The maximum atomic E-state index is 12.4. The average molecular weight is 389 g/mol. The fraction of sp³-hybridized carbons (Fsp3) is 0.421. The van der Waals surface area contributed by atoms with E-state index in [0.29, 0.717) is 30.7 Å². The summed E-state index contributed by atoms with van der Waals surface area (Å²) in [5.41, 5.74) is 1.53. The Hall–Kier alpha value is -2.48. The van der Waals surface area contributed by atoms with Crippen molar-refractivity contribution in [3.05, 3.63) is 45.9 Å². The Kier molecular flexibility index (Phi) is 6.39. The number of rotatable bonds is 7. The molecule has 0 spiro atoms. The van der Waals surface area contributed by atoms with Crippen LogP contribution >= 0.6 is 11.8 Å². The summed E-state index contributed by atoms with van der Waals surface area (Å²) in [4.78, 5) is 32.8. The van der Waals surface area contributed by atoms with Gasteiger partial charge >= 0.3 is 0 Å². The van der Waals surface area contributed by atoms with Crippen LogP contribution < -0.4 is 15.0 Å². The van der Waals surface area contributed by atoms with Gasteiger partial charge in [0.1, 0.15) is 13.2 Å². The molecule has 0 atom stereocenters. The third kappa shape index (κ3) is 5.26. The van der Waals surface area contributed by atoms with E-state index in [2.05, 4.69) is 9.97 Å². The quantitative estimate of drug-likeness (QED) is 0.578. The molecule has 7 nitrogen and oxygen atoms in total. The first-order valence-corrected chi connectivity index (χ1v) is 9.89. The van der Waals surface area contributed by atoms with Crippen LogP contribution in [0.3, 0.4) is 0 Å². The van der Waals surface area contributed by atoms with E-state index in [1.165, 1.54) is 17.8 Å². The van der Waals surface area contributed by atoms with Crippen LogP contribution in [0.4, 0.5) is 0 Å². The molecule has 2 heterocycles. The number of H-pyrrole nitrogens is 1. The molecule has 144 valence electrons. The molecule has 0 saturated heterocycles. The van der Waals surface area contributed by atoms with Gasteiger partial charge in [0.25, 0.3) is 5.56 Å². The van der Waals surface area contributed by atoms with Crippen LogP contribution in [-0.2, 0) is 17.8 Å². The van der Waals surface area contributed by atoms with Crippen LogP contribution in [0.15, 0.2) is 34.2 Å². The van der Waals surface area contributed by atoms with E-state index >= 15 is 0 Å². The minimum Gasteiger partial charge on any atom is -0.486 e. The maximum absolute atomic E-state index is 12.4. The Morgan fingerprint density at radius 3 is 2.81 bits per heavy atom. The van der Waals surface area contributed by atoms with Crippen LogP contribution in [0, 0.1) is 0 Å². The number of amides is 1.